The summed E-state index contributed by atoms with van der Waals surface area (Å²) in [5, 5.41) is 22.0. The highest BCUT2D eigenvalue weighted by molar-refractivity contribution is 5.92. The van der Waals surface area contributed by atoms with Crippen LogP contribution in [0.25, 0.3) is 0 Å². The van der Waals surface area contributed by atoms with Gasteiger partial charge in [-0.05, 0) is 26.0 Å². The number of carbonyl (C=O) groups excluding carboxylic acids is 1. The smallest absolute Gasteiger partial charge is 0.328 e. The molecule has 0 aromatic carbocycles. The summed E-state index contributed by atoms with van der Waals surface area (Å²) in [6, 6.07) is 1.36. The van der Waals surface area contributed by atoms with Crippen molar-refractivity contribution in [2.24, 2.45) is 0 Å². The van der Waals surface area contributed by atoms with E-state index in [1.807, 2.05) is 6.92 Å². The number of carboxylic acid groups (broad SMARTS) is 1. The summed E-state index contributed by atoms with van der Waals surface area (Å²) >= 11 is 0. The molecule has 0 aliphatic heterocycles. The highest BCUT2D eigenvalue weighted by Crippen LogP contribution is 2.12. The Morgan fingerprint density at radius 1 is 1.39 bits per heavy atom. The molecule has 0 aliphatic carbocycles. The molecular weight excluding hydrogens is 238 g/mol. The van der Waals surface area contributed by atoms with Gasteiger partial charge in [0.1, 0.15) is 0 Å². The first-order valence-corrected chi connectivity index (χ1v) is 5.29. The summed E-state index contributed by atoms with van der Waals surface area (Å²) in [6.07, 6.45) is 0. The lowest BCUT2D eigenvalue weighted by atomic mass is 10.3. The lowest BCUT2D eigenvalue weighted by molar-refractivity contribution is -0.140. The SMILES string of the molecule is Cc1ccc(NC(=O)NC(CO)C(=O)O)c(C)n1. The first kappa shape index (κ1) is 13.9. The van der Waals surface area contributed by atoms with Crippen molar-refractivity contribution in [1.29, 1.82) is 0 Å². The zero-order chi connectivity index (χ0) is 13.7. The van der Waals surface area contributed by atoms with E-state index in [1.165, 1.54) is 0 Å². The normalized spacial score (nSPS) is 11.7. The molecule has 7 nitrogen and oxygen atoms in total. The number of carbonyl (C=O) groups is 2. The average Bonchev–Trinajstić information content (AvgIpc) is 2.29. The summed E-state index contributed by atoms with van der Waals surface area (Å²) < 4.78 is 0. The molecule has 1 rings (SSSR count). The number of aromatic nitrogens is 1. The van der Waals surface area contributed by atoms with Crippen molar-refractivity contribution in [2.75, 3.05) is 11.9 Å². The molecule has 0 saturated carbocycles. The van der Waals surface area contributed by atoms with E-state index >= 15 is 0 Å². The van der Waals surface area contributed by atoms with E-state index in [0.29, 0.717) is 11.4 Å². The van der Waals surface area contributed by atoms with Crippen molar-refractivity contribution in [3.63, 3.8) is 0 Å². The molecule has 0 fully saturated rings. The largest absolute Gasteiger partial charge is 0.480 e. The van der Waals surface area contributed by atoms with Gasteiger partial charge in [-0.1, -0.05) is 0 Å². The van der Waals surface area contributed by atoms with Crippen molar-refractivity contribution >= 4 is 17.7 Å². The van der Waals surface area contributed by atoms with Gasteiger partial charge in [0.2, 0.25) is 0 Å². The number of aliphatic carboxylic acids is 1. The van der Waals surface area contributed by atoms with Crippen LogP contribution in [-0.4, -0.2) is 39.8 Å². The van der Waals surface area contributed by atoms with Crippen LogP contribution >= 0.6 is 0 Å². The number of nitrogens with zero attached hydrogens (tertiary/aromatic N) is 1. The monoisotopic (exact) mass is 253 g/mol. The Hall–Kier alpha value is -2.15. The highest BCUT2D eigenvalue weighted by atomic mass is 16.4. The molecule has 18 heavy (non-hydrogen) atoms. The van der Waals surface area contributed by atoms with Crippen LogP contribution < -0.4 is 10.6 Å². The number of nitrogens with one attached hydrogen (secondary N) is 2. The van der Waals surface area contributed by atoms with E-state index in [4.69, 9.17) is 10.2 Å². The summed E-state index contributed by atoms with van der Waals surface area (Å²) in [5.41, 5.74) is 1.93. The maximum Gasteiger partial charge on any atom is 0.328 e. The molecule has 4 N–H and O–H groups in total. The number of anilines is 1. The number of urea groups is 1. The maximum atomic E-state index is 11.5. The molecule has 2 amide bonds. The van der Waals surface area contributed by atoms with Gasteiger partial charge in [0, 0.05) is 5.69 Å². The molecule has 0 radical (unpaired) electrons. The Labute approximate surface area is 104 Å². The van der Waals surface area contributed by atoms with Gasteiger partial charge in [0.15, 0.2) is 6.04 Å². The number of hydrogen-bond acceptors (Lipinski definition) is 4. The minimum Gasteiger partial charge on any atom is -0.480 e. The highest BCUT2D eigenvalue weighted by Gasteiger charge is 2.18. The van der Waals surface area contributed by atoms with Gasteiger partial charge in [-0.2, -0.15) is 0 Å². The van der Waals surface area contributed by atoms with Crippen LogP contribution in [0, 0.1) is 13.8 Å². The van der Waals surface area contributed by atoms with Crippen molar-refractivity contribution in [1.82, 2.24) is 10.3 Å². The molecule has 98 valence electrons. The number of rotatable bonds is 4. The van der Waals surface area contributed by atoms with Crippen molar-refractivity contribution < 1.29 is 19.8 Å². The second-order valence-electron chi connectivity index (χ2n) is 3.76. The zero-order valence-electron chi connectivity index (χ0n) is 10.1. The van der Waals surface area contributed by atoms with Crippen molar-refractivity contribution in [2.45, 2.75) is 19.9 Å². The first-order valence-electron chi connectivity index (χ1n) is 5.29. The number of amides is 2. The van der Waals surface area contributed by atoms with Gasteiger partial charge in [0.25, 0.3) is 0 Å². The third-order valence-corrected chi connectivity index (χ3v) is 2.26. The fraction of sp³-hybridized carbons (Fsp3) is 0.364. The fourth-order valence-electron chi connectivity index (χ4n) is 1.32. The van der Waals surface area contributed by atoms with E-state index in [-0.39, 0.29) is 0 Å². The second kappa shape index (κ2) is 5.97. The minimum absolute atomic E-state index is 0.486. The van der Waals surface area contributed by atoms with E-state index in [2.05, 4.69) is 15.6 Å². The summed E-state index contributed by atoms with van der Waals surface area (Å²) in [5.74, 6) is -1.30. The second-order valence-corrected chi connectivity index (χ2v) is 3.76. The van der Waals surface area contributed by atoms with E-state index in [9.17, 15) is 9.59 Å². The van der Waals surface area contributed by atoms with Crippen molar-refractivity contribution in [3.05, 3.63) is 23.5 Å². The molecule has 1 aromatic heterocycles. The van der Waals surface area contributed by atoms with E-state index in [0.717, 1.165) is 5.69 Å². The number of aliphatic hydroxyl groups is 1. The number of aryl methyl sites for hydroxylation is 2. The average molecular weight is 253 g/mol. The molecule has 1 atom stereocenters. The molecule has 1 aromatic rings. The molecule has 0 saturated heterocycles. The molecule has 1 heterocycles. The van der Waals surface area contributed by atoms with Crippen LogP contribution in [0.5, 0.6) is 0 Å². The Kier molecular flexibility index (Phi) is 4.61. The minimum atomic E-state index is -1.33. The molecule has 7 heteroatoms. The third-order valence-electron chi connectivity index (χ3n) is 2.26. The lowest BCUT2D eigenvalue weighted by Crippen LogP contribution is -2.45. The number of aliphatic hydroxyl groups excluding tert-OH is 1. The molecule has 1 unspecified atom stereocenters. The van der Waals surface area contributed by atoms with Gasteiger partial charge >= 0.3 is 12.0 Å². The zero-order valence-corrected chi connectivity index (χ0v) is 10.1. The van der Waals surface area contributed by atoms with Crippen LogP contribution in [0.1, 0.15) is 11.4 Å². The van der Waals surface area contributed by atoms with Gasteiger partial charge in [-0.3, -0.25) is 4.98 Å². The number of carboxylic acids is 1. The van der Waals surface area contributed by atoms with Crippen LogP contribution in [0.3, 0.4) is 0 Å². The molecular formula is C11H15N3O4. The Bertz CT molecular complexity index is 462. The third kappa shape index (κ3) is 3.70. The Morgan fingerprint density at radius 2 is 2.06 bits per heavy atom. The molecule has 0 spiro atoms. The van der Waals surface area contributed by atoms with Gasteiger partial charge in [-0.25, -0.2) is 9.59 Å². The standard InChI is InChI=1S/C11H15N3O4/c1-6-3-4-8(7(2)12-6)13-11(18)14-9(5-15)10(16)17/h3-4,9,15H,5H2,1-2H3,(H,16,17)(H2,13,14,18). The fourth-order valence-corrected chi connectivity index (χ4v) is 1.32. The van der Waals surface area contributed by atoms with Gasteiger partial charge < -0.3 is 20.8 Å². The van der Waals surface area contributed by atoms with Crippen molar-refractivity contribution in [3.8, 4) is 0 Å². The first-order chi connectivity index (χ1) is 8.43. The predicted octanol–water partition coefficient (Wildman–Crippen LogP) is 0.265. The number of hydrogen-bond donors (Lipinski definition) is 4. The Morgan fingerprint density at radius 3 is 2.56 bits per heavy atom. The number of pyridine rings is 1. The van der Waals surface area contributed by atoms with Gasteiger partial charge in [0.05, 0.1) is 18.0 Å². The lowest BCUT2D eigenvalue weighted by Gasteiger charge is -2.13. The van der Waals surface area contributed by atoms with Crippen LogP contribution in [0.15, 0.2) is 12.1 Å². The molecule has 0 bridgehead atoms. The Balaban J connectivity index is 2.67. The summed E-state index contributed by atoms with van der Waals surface area (Å²) in [4.78, 5) is 26.3. The van der Waals surface area contributed by atoms with E-state index < -0.39 is 24.6 Å². The predicted molar refractivity (Wildman–Crippen MR) is 64.4 cm³/mol. The summed E-state index contributed by atoms with van der Waals surface area (Å²) in [6.45, 7) is 2.88. The maximum absolute atomic E-state index is 11.5. The van der Waals surface area contributed by atoms with Gasteiger partial charge in [-0.15, -0.1) is 0 Å². The topological polar surface area (TPSA) is 112 Å². The van der Waals surface area contributed by atoms with Crippen LogP contribution in [-0.2, 0) is 4.79 Å². The van der Waals surface area contributed by atoms with Crippen LogP contribution in [0.2, 0.25) is 0 Å². The van der Waals surface area contributed by atoms with E-state index in [1.54, 1.807) is 19.1 Å². The van der Waals surface area contributed by atoms with Crippen LogP contribution in [0.4, 0.5) is 10.5 Å². The quantitative estimate of drug-likeness (QED) is 0.615. The summed E-state index contributed by atoms with van der Waals surface area (Å²) in [7, 11) is 0. The molecule has 0 aliphatic rings.